The van der Waals surface area contributed by atoms with Crippen LogP contribution < -0.4 is 10.2 Å². The summed E-state index contributed by atoms with van der Waals surface area (Å²) in [5, 5.41) is 11.6. The molecule has 0 aromatic heterocycles. The molecule has 3 rings (SSSR count). The number of fused-ring (bicyclic) bond motifs is 1. The molecule has 0 fully saturated rings. The van der Waals surface area contributed by atoms with Gasteiger partial charge in [-0.15, -0.1) is 0 Å². The molecular formula is C21H22N2O4. The number of aliphatic carboxylic acids is 1. The zero-order valence-corrected chi connectivity index (χ0v) is 14.9. The molecule has 0 saturated heterocycles. The first-order chi connectivity index (χ1) is 13.1. The predicted octanol–water partition coefficient (Wildman–Crippen LogP) is 3.15. The second kappa shape index (κ2) is 8.49. The van der Waals surface area contributed by atoms with Gasteiger partial charge >= 0.3 is 5.97 Å². The Kier molecular flexibility index (Phi) is 5.86. The van der Waals surface area contributed by atoms with Gasteiger partial charge in [-0.1, -0.05) is 48.9 Å². The second-order valence-corrected chi connectivity index (χ2v) is 6.53. The van der Waals surface area contributed by atoms with E-state index in [1.54, 1.807) is 29.2 Å². The van der Waals surface area contributed by atoms with E-state index in [4.69, 9.17) is 5.11 Å². The fourth-order valence-corrected chi connectivity index (χ4v) is 3.27. The molecule has 6 nitrogen and oxygen atoms in total. The Morgan fingerprint density at radius 2 is 1.67 bits per heavy atom. The number of unbranched alkanes of at least 4 members (excludes halogenated alkanes) is 2. The Morgan fingerprint density at radius 1 is 0.963 bits per heavy atom. The van der Waals surface area contributed by atoms with Crippen molar-refractivity contribution in [1.29, 1.82) is 0 Å². The number of nitrogens with one attached hydrogen (secondary N) is 1. The van der Waals surface area contributed by atoms with Crippen LogP contribution in [0.2, 0.25) is 0 Å². The van der Waals surface area contributed by atoms with Crippen molar-refractivity contribution in [3.05, 3.63) is 65.7 Å². The van der Waals surface area contributed by atoms with E-state index in [9.17, 15) is 14.4 Å². The molecule has 2 N–H and O–H groups in total. The topological polar surface area (TPSA) is 86.7 Å². The number of hydrogen-bond acceptors (Lipinski definition) is 3. The van der Waals surface area contributed by atoms with Crippen LogP contribution in [0.25, 0.3) is 0 Å². The van der Waals surface area contributed by atoms with Crippen molar-refractivity contribution in [2.24, 2.45) is 0 Å². The van der Waals surface area contributed by atoms with Crippen LogP contribution in [0, 0.1) is 0 Å². The Labute approximate surface area is 157 Å². The second-order valence-electron chi connectivity index (χ2n) is 6.53. The maximum atomic E-state index is 13.2. The lowest BCUT2D eigenvalue weighted by atomic mass is 10.1. The van der Waals surface area contributed by atoms with Gasteiger partial charge in [0.25, 0.3) is 11.8 Å². The summed E-state index contributed by atoms with van der Waals surface area (Å²) in [4.78, 5) is 38.2. The summed E-state index contributed by atoms with van der Waals surface area (Å²) in [6, 6.07) is 15.5. The Hall–Kier alpha value is -3.15. The summed E-state index contributed by atoms with van der Waals surface area (Å²) in [6.07, 6.45) is 2.06. The van der Waals surface area contributed by atoms with Gasteiger partial charge in [-0.2, -0.15) is 0 Å². The highest BCUT2D eigenvalue weighted by molar-refractivity contribution is 6.11. The summed E-state index contributed by atoms with van der Waals surface area (Å²) >= 11 is 0. The van der Waals surface area contributed by atoms with Gasteiger partial charge in [0.15, 0.2) is 0 Å². The minimum absolute atomic E-state index is 0.122. The molecule has 0 unspecified atom stereocenters. The standard InChI is InChI=1S/C21H22N2O4/c24-18(25)13-5-2-8-14-23-17-12-7-6-11-16(17)20(26)22-19(21(23)27)15-9-3-1-4-10-15/h1,3-4,6-7,9-12,19H,2,5,8,13-14H2,(H,22,26)(H,24,25)/t19-/m1/s1. The molecule has 0 aliphatic carbocycles. The first-order valence-corrected chi connectivity index (χ1v) is 9.06. The molecule has 0 saturated carbocycles. The molecule has 6 heteroatoms. The average molecular weight is 366 g/mol. The van der Waals surface area contributed by atoms with Gasteiger partial charge in [-0.05, 0) is 30.5 Å². The summed E-state index contributed by atoms with van der Waals surface area (Å²) in [6.45, 7) is 0.438. The highest BCUT2D eigenvalue weighted by atomic mass is 16.4. The molecule has 0 bridgehead atoms. The molecule has 27 heavy (non-hydrogen) atoms. The van der Waals surface area contributed by atoms with E-state index in [0.717, 1.165) is 5.56 Å². The lowest BCUT2D eigenvalue weighted by Crippen LogP contribution is -2.40. The molecule has 1 atom stereocenters. The fourth-order valence-electron chi connectivity index (χ4n) is 3.27. The van der Waals surface area contributed by atoms with E-state index in [1.807, 2.05) is 30.3 Å². The van der Waals surface area contributed by atoms with E-state index in [0.29, 0.717) is 37.1 Å². The van der Waals surface area contributed by atoms with Crippen molar-refractivity contribution < 1.29 is 19.5 Å². The lowest BCUT2D eigenvalue weighted by Gasteiger charge is -2.25. The van der Waals surface area contributed by atoms with Crippen LogP contribution in [0.15, 0.2) is 54.6 Å². The number of carboxylic acids is 1. The van der Waals surface area contributed by atoms with Crippen LogP contribution in [0.5, 0.6) is 0 Å². The van der Waals surface area contributed by atoms with Gasteiger partial charge in [0.1, 0.15) is 6.04 Å². The van der Waals surface area contributed by atoms with Gasteiger partial charge in [0.05, 0.1) is 11.3 Å². The van der Waals surface area contributed by atoms with Crippen LogP contribution in [0.1, 0.15) is 47.6 Å². The van der Waals surface area contributed by atoms with E-state index < -0.39 is 12.0 Å². The van der Waals surface area contributed by atoms with Crippen LogP contribution in [0.3, 0.4) is 0 Å². The molecule has 0 spiro atoms. The SMILES string of the molecule is O=C(O)CCCCCN1C(=O)[C@@H](c2ccccc2)NC(=O)c2ccccc21. The lowest BCUT2D eigenvalue weighted by molar-refractivity contribution is -0.137. The van der Waals surface area contributed by atoms with Crippen LogP contribution >= 0.6 is 0 Å². The maximum absolute atomic E-state index is 13.2. The molecule has 2 aromatic rings. The molecule has 1 heterocycles. The molecule has 1 aliphatic heterocycles. The van der Waals surface area contributed by atoms with E-state index >= 15 is 0 Å². The minimum Gasteiger partial charge on any atom is -0.481 e. The largest absolute Gasteiger partial charge is 0.481 e. The Bertz CT molecular complexity index is 835. The van der Waals surface area contributed by atoms with Gasteiger partial charge in [0, 0.05) is 13.0 Å². The zero-order chi connectivity index (χ0) is 19.2. The van der Waals surface area contributed by atoms with Crippen LogP contribution in [-0.4, -0.2) is 29.4 Å². The third-order valence-corrected chi connectivity index (χ3v) is 4.63. The Balaban J connectivity index is 1.85. The van der Waals surface area contributed by atoms with Gasteiger partial charge in [-0.3, -0.25) is 14.4 Å². The third-order valence-electron chi connectivity index (χ3n) is 4.63. The first kappa shape index (κ1) is 18.6. The number of benzene rings is 2. The number of carbonyl (C=O) groups is 3. The normalized spacial score (nSPS) is 16.4. The summed E-state index contributed by atoms with van der Waals surface area (Å²) in [7, 11) is 0. The minimum atomic E-state index is -0.815. The number of para-hydroxylation sites is 1. The van der Waals surface area contributed by atoms with Crippen LogP contribution in [0.4, 0.5) is 5.69 Å². The fraction of sp³-hybridized carbons (Fsp3) is 0.286. The predicted molar refractivity (Wildman–Crippen MR) is 102 cm³/mol. The number of hydrogen-bond donors (Lipinski definition) is 2. The van der Waals surface area contributed by atoms with Gasteiger partial charge in [0.2, 0.25) is 0 Å². The zero-order valence-electron chi connectivity index (χ0n) is 14.9. The molecule has 1 aliphatic rings. The van der Waals surface area contributed by atoms with Crippen molar-refractivity contribution in [3.8, 4) is 0 Å². The molecule has 2 aromatic carbocycles. The number of nitrogens with zero attached hydrogens (tertiary/aromatic N) is 1. The summed E-state index contributed by atoms with van der Waals surface area (Å²) < 4.78 is 0. The van der Waals surface area contributed by atoms with Crippen molar-refractivity contribution in [3.63, 3.8) is 0 Å². The highest BCUT2D eigenvalue weighted by Gasteiger charge is 2.34. The van der Waals surface area contributed by atoms with E-state index in [1.165, 1.54) is 0 Å². The third kappa shape index (κ3) is 4.34. The number of amides is 2. The van der Waals surface area contributed by atoms with Gasteiger partial charge < -0.3 is 15.3 Å². The molecule has 2 amide bonds. The van der Waals surface area contributed by atoms with Crippen LogP contribution in [-0.2, 0) is 9.59 Å². The van der Waals surface area contributed by atoms with Crippen molar-refractivity contribution in [2.45, 2.75) is 31.7 Å². The number of carbonyl (C=O) groups excluding carboxylic acids is 2. The Morgan fingerprint density at radius 3 is 2.41 bits per heavy atom. The van der Waals surface area contributed by atoms with Crippen molar-refractivity contribution in [2.75, 3.05) is 11.4 Å². The molecule has 140 valence electrons. The monoisotopic (exact) mass is 366 g/mol. The number of anilines is 1. The smallest absolute Gasteiger partial charge is 0.303 e. The van der Waals surface area contributed by atoms with Crippen molar-refractivity contribution in [1.82, 2.24) is 5.32 Å². The van der Waals surface area contributed by atoms with Gasteiger partial charge in [-0.25, -0.2) is 0 Å². The maximum Gasteiger partial charge on any atom is 0.303 e. The quantitative estimate of drug-likeness (QED) is 0.737. The highest BCUT2D eigenvalue weighted by Crippen LogP contribution is 2.29. The van der Waals surface area contributed by atoms with Crippen molar-refractivity contribution >= 4 is 23.5 Å². The molecular weight excluding hydrogens is 344 g/mol. The summed E-state index contributed by atoms with van der Waals surface area (Å²) in [5.41, 5.74) is 1.80. The molecule has 0 radical (unpaired) electrons. The number of rotatable bonds is 7. The summed E-state index contributed by atoms with van der Waals surface area (Å²) in [5.74, 6) is -1.27. The van der Waals surface area contributed by atoms with E-state index in [2.05, 4.69) is 5.32 Å². The first-order valence-electron chi connectivity index (χ1n) is 9.06. The number of carboxylic acid groups (broad SMARTS) is 1. The van der Waals surface area contributed by atoms with E-state index in [-0.39, 0.29) is 18.2 Å². The average Bonchev–Trinajstić information content (AvgIpc) is 2.78.